The van der Waals surface area contributed by atoms with Crippen LogP contribution in [0.15, 0.2) is 29.2 Å². The van der Waals surface area contributed by atoms with Gasteiger partial charge in [0, 0.05) is 5.02 Å². The second-order valence-electron chi connectivity index (χ2n) is 4.78. The summed E-state index contributed by atoms with van der Waals surface area (Å²) in [6, 6.07) is 7.17. The zero-order chi connectivity index (χ0) is 15.4. The van der Waals surface area contributed by atoms with Crippen LogP contribution < -0.4 is 4.90 Å². The Kier molecular flexibility index (Phi) is 5.45. The summed E-state index contributed by atoms with van der Waals surface area (Å²) in [5.74, 6) is -0.209. The highest BCUT2D eigenvalue weighted by molar-refractivity contribution is 8.18. The SMILES string of the molecule is CC[NH+](CC)CN1C(=O)S/C(=C\c2ccc(Cl)cc2)C1=O. The first-order valence-corrected chi connectivity index (χ1v) is 8.09. The maximum Gasteiger partial charge on any atom is 0.298 e. The van der Waals surface area contributed by atoms with Gasteiger partial charge < -0.3 is 4.90 Å². The molecular weight excluding hydrogens is 308 g/mol. The van der Waals surface area contributed by atoms with E-state index in [1.165, 1.54) is 9.80 Å². The fourth-order valence-corrected chi connectivity index (χ4v) is 3.01. The highest BCUT2D eigenvalue weighted by Gasteiger charge is 2.37. The van der Waals surface area contributed by atoms with Gasteiger partial charge in [-0.1, -0.05) is 23.7 Å². The predicted molar refractivity (Wildman–Crippen MR) is 86.2 cm³/mol. The molecule has 1 aromatic carbocycles. The maximum absolute atomic E-state index is 12.3. The van der Waals surface area contributed by atoms with Gasteiger partial charge in [0.2, 0.25) is 0 Å². The molecule has 0 atom stereocenters. The quantitative estimate of drug-likeness (QED) is 0.844. The van der Waals surface area contributed by atoms with E-state index in [-0.39, 0.29) is 11.1 Å². The topological polar surface area (TPSA) is 41.8 Å². The van der Waals surface area contributed by atoms with Crippen LogP contribution in [-0.2, 0) is 4.79 Å². The summed E-state index contributed by atoms with van der Waals surface area (Å²) in [6.07, 6.45) is 1.73. The third-order valence-electron chi connectivity index (χ3n) is 3.42. The molecule has 1 heterocycles. The lowest BCUT2D eigenvalue weighted by atomic mass is 10.2. The predicted octanol–water partition coefficient (Wildman–Crippen LogP) is 2.26. The molecular formula is C15H18ClN2O2S+. The Balaban J connectivity index is 2.15. The van der Waals surface area contributed by atoms with Crippen LogP contribution in [-0.4, -0.2) is 35.8 Å². The number of halogens is 1. The normalized spacial score (nSPS) is 17.3. The molecule has 6 heteroatoms. The van der Waals surface area contributed by atoms with E-state index in [2.05, 4.69) is 0 Å². The van der Waals surface area contributed by atoms with Gasteiger partial charge in [-0.2, -0.15) is 0 Å². The van der Waals surface area contributed by atoms with Crippen LogP contribution in [0.4, 0.5) is 4.79 Å². The Morgan fingerprint density at radius 3 is 2.38 bits per heavy atom. The first-order valence-electron chi connectivity index (χ1n) is 6.89. The molecule has 0 spiro atoms. The number of carbonyl (C=O) groups excluding carboxylic acids is 2. The van der Waals surface area contributed by atoms with Gasteiger partial charge in [0.25, 0.3) is 11.1 Å². The summed E-state index contributed by atoms with van der Waals surface area (Å²) >= 11 is 6.83. The van der Waals surface area contributed by atoms with Crippen LogP contribution >= 0.6 is 23.4 Å². The lowest BCUT2D eigenvalue weighted by Crippen LogP contribution is -3.13. The highest BCUT2D eigenvalue weighted by atomic mass is 35.5. The van der Waals surface area contributed by atoms with Crippen LogP contribution in [0.1, 0.15) is 19.4 Å². The van der Waals surface area contributed by atoms with E-state index >= 15 is 0 Å². The van der Waals surface area contributed by atoms with Gasteiger partial charge in [-0.15, -0.1) is 0 Å². The maximum atomic E-state index is 12.3. The Hall–Kier alpha value is -1.30. The van der Waals surface area contributed by atoms with Crippen molar-refractivity contribution in [3.8, 4) is 0 Å². The Morgan fingerprint density at radius 2 is 1.81 bits per heavy atom. The number of imide groups is 1. The summed E-state index contributed by atoms with van der Waals surface area (Å²) in [5, 5.41) is 0.449. The Labute approximate surface area is 133 Å². The number of carbonyl (C=O) groups is 2. The number of rotatable bonds is 5. The molecule has 21 heavy (non-hydrogen) atoms. The Morgan fingerprint density at radius 1 is 1.19 bits per heavy atom. The number of amides is 2. The van der Waals surface area contributed by atoms with Crippen molar-refractivity contribution < 1.29 is 14.5 Å². The molecule has 1 fully saturated rings. The summed E-state index contributed by atoms with van der Waals surface area (Å²) in [4.78, 5) is 27.3. The number of nitrogens with zero attached hydrogens (tertiary/aromatic N) is 1. The first kappa shape index (κ1) is 16.1. The average Bonchev–Trinajstić information content (AvgIpc) is 2.74. The van der Waals surface area contributed by atoms with Gasteiger partial charge >= 0.3 is 0 Å². The van der Waals surface area contributed by atoms with Crippen molar-refractivity contribution >= 4 is 40.6 Å². The molecule has 0 radical (unpaired) electrons. The Bertz CT molecular complexity index is 568. The highest BCUT2D eigenvalue weighted by Crippen LogP contribution is 2.31. The molecule has 1 aromatic rings. The van der Waals surface area contributed by atoms with Crippen LogP contribution in [0.5, 0.6) is 0 Å². The second-order valence-corrected chi connectivity index (χ2v) is 6.21. The minimum atomic E-state index is -0.209. The molecule has 0 unspecified atom stereocenters. The van der Waals surface area contributed by atoms with Gasteiger partial charge in [0.05, 0.1) is 18.0 Å². The van der Waals surface area contributed by atoms with Crippen molar-refractivity contribution in [3.05, 3.63) is 39.8 Å². The minimum Gasteiger partial charge on any atom is -0.318 e. The number of quaternary nitrogens is 1. The van der Waals surface area contributed by atoms with E-state index in [0.717, 1.165) is 30.4 Å². The summed E-state index contributed by atoms with van der Waals surface area (Å²) in [7, 11) is 0. The summed E-state index contributed by atoms with van der Waals surface area (Å²) in [5.41, 5.74) is 0.861. The van der Waals surface area contributed by atoms with Crippen molar-refractivity contribution in [3.63, 3.8) is 0 Å². The number of nitrogens with one attached hydrogen (secondary N) is 1. The zero-order valence-corrected chi connectivity index (χ0v) is 13.6. The molecule has 2 amide bonds. The molecule has 2 rings (SSSR count). The van der Waals surface area contributed by atoms with E-state index in [4.69, 9.17) is 11.6 Å². The third-order valence-corrected chi connectivity index (χ3v) is 4.58. The van der Waals surface area contributed by atoms with Gasteiger partial charge in [0.1, 0.15) is 0 Å². The molecule has 1 aliphatic rings. The smallest absolute Gasteiger partial charge is 0.298 e. The van der Waals surface area contributed by atoms with Crippen LogP contribution in [0.2, 0.25) is 5.02 Å². The lowest BCUT2D eigenvalue weighted by molar-refractivity contribution is -0.903. The molecule has 0 aromatic heterocycles. The second kappa shape index (κ2) is 7.11. The largest absolute Gasteiger partial charge is 0.318 e. The van der Waals surface area contributed by atoms with Crippen LogP contribution in [0.3, 0.4) is 0 Å². The number of hydrogen-bond acceptors (Lipinski definition) is 3. The lowest BCUT2D eigenvalue weighted by Gasteiger charge is -2.20. The number of hydrogen-bond donors (Lipinski definition) is 1. The number of benzene rings is 1. The average molecular weight is 326 g/mol. The molecule has 0 aliphatic carbocycles. The van der Waals surface area contributed by atoms with Gasteiger partial charge in [-0.25, -0.2) is 4.90 Å². The summed E-state index contributed by atoms with van der Waals surface area (Å²) in [6.45, 7) is 6.28. The fourth-order valence-electron chi connectivity index (χ4n) is 2.04. The summed E-state index contributed by atoms with van der Waals surface area (Å²) < 4.78 is 0. The van der Waals surface area contributed by atoms with E-state index in [1.807, 2.05) is 26.0 Å². The third kappa shape index (κ3) is 3.87. The van der Waals surface area contributed by atoms with Crippen LogP contribution in [0, 0.1) is 0 Å². The minimum absolute atomic E-state index is 0.195. The zero-order valence-electron chi connectivity index (χ0n) is 12.1. The van der Waals surface area contributed by atoms with Crippen molar-refractivity contribution in [1.29, 1.82) is 0 Å². The van der Waals surface area contributed by atoms with Gasteiger partial charge in [-0.05, 0) is 49.4 Å². The van der Waals surface area contributed by atoms with E-state index in [9.17, 15) is 9.59 Å². The van der Waals surface area contributed by atoms with Crippen molar-refractivity contribution in [2.24, 2.45) is 0 Å². The van der Waals surface area contributed by atoms with Crippen molar-refractivity contribution in [2.45, 2.75) is 13.8 Å². The van der Waals surface area contributed by atoms with Crippen molar-refractivity contribution in [2.75, 3.05) is 19.8 Å². The number of thioether (sulfide) groups is 1. The molecule has 0 saturated carbocycles. The monoisotopic (exact) mass is 325 g/mol. The van der Waals surface area contributed by atoms with E-state index < -0.39 is 0 Å². The molecule has 4 nitrogen and oxygen atoms in total. The van der Waals surface area contributed by atoms with Gasteiger partial charge in [-0.3, -0.25) is 9.59 Å². The van der Waals surface area contributed by atoms with Gasteiger partial charge in [0.15, 0.2) is 6.67 Å². The fraction of sp³-hybridized carbons (Fsp3) is 0.333. The van der Waals surface area contributed by atoms with E-state index in [0.29, 0.717) is 16.6 Å². The molecule has 1 saturated heterocycles. The first-order chi connectivity index (χ1) is 10.0. The molecule has 1 N–H and O–H groups in total. The molecule has 112 valence electrons. The van der Waals surface area contributed by atoms with E-state index in [1.54, 1.807) is 18.2 Å². The molecule has 1 aliphatic heterocycles. The van der Waals surface area contributed by atoms with Crippen molar-refractivity contribution in [1.82, 2.24) is 4.90 Å². The molecule has 0 bridgehead atoms. The van der Waals surface area contributed by atoms with Crippen LogP contribution in [0.25, 0.3) is 6.08 Å². The standard InChI is InChI=1S/C15H17ClN2O2S/c1-3-17(4-2)10-18-14(19)13(21-15(18)20)9-11-5-7-12(16)8-6-11/h5-9H,3-4,10H2,1-2H3/p+1/b13-9-.